The molecule has 0 aliphatic rings. The van der Waals surface area contributed by atoms with Gasteiger partial charge in [0, 0.05) is 12.8 Å². The Bertz CT molecular complexity index is 1440. The molecule has 392 valence electrons. The number of esters is 1. The second-order valence-electron chi connectivity index (χ2n) is 19.5. The Morgan fingerprint density at radius 1 is 0.529 bits per heavy atom. The molecule has 10 heteroatoms. The summed E-state index contributed by atoms with van der Waals surface area (Å²) in [5, 5.41) is 3.03. The van der Waals surface area contributed by atoms with Gasteiger partial charge in [-0.1, -0.05) is 222 Å². The number of hydrogen-bond donors (Lipinski definition) is 2. The van der Waals surface area contributed by atoms with Crippen molar-refractivity contribution in [3.05, 3.63) is 85.1 Å². The third kappa shape index (κ3) is 48.2. The first-order chi connectivity index (χ1) is 32.9. The number of ether oxygens (including phenoxy) is 1. The topological polar surface area (TPSA) is 111 Å². The van der Waals surface area contributed by atoms with Gasteiger partial charge in [-0.3, -0.25) is 18.6 Å². The zero-order valence-electron chi connectivity index (χ0n) is 44.6. The molecule has 0 bridgehead atoms. The standard InChI is InChI=1S/C58H103N2O7P/c1-7-10-13-16-19-22-25-28-30-32-35-38-41-44-47-50-57(61)59-55(54-66-68(63,64)65-53-52-60(4,5)6)56(49-46-43-40-37-34-27-24-21-18-15-12-9-3)67-58(62)51-48-45-42-39-36-33-31-29-26-23-20-17-14-11-8-2/h10-11,13-14,16-17,19-20,22-23,25-26,46,49,55-56H,7-9,12,15,18,21,24,27-45,47-48,50-54H2,1-6H3,(H-,59,61,63,64)/p+1/b13-10+,14-11+,19-16+,20-17+,25-22+,26-23+,49-46+. The summed E-state index contributed by atoms with van der Waals surface area (Å²) < 4.78 is 30.6. The maximum absolute atomic E-state index is 13.5. The maximum Gasteiger partial charge on any atom is 0.472 e. The number of nitrogens with zero attached hydrogens (tertiary/aromatic N) is 1. The van der Waals surface area contributed by atoms with Crippen molar-refractivity contribution in [2.24, 2.45) is 0 Å². The van der Waals surface area contributed by atoms with E-state index in [1.54, 1.807) is 0 Å². The predicted octanol–water partition coefficient (Wildman–Crippen LogP) is 16.3. The first-order valence-electron chi connectivity index (χ1n) is 27.5. The van der Waals surface area contributed by atoms with Crippen molar-refractivity contribution in [2.45, 2.75) is 232 Å². The normalized spacial score (nSPS) is 14.5. The minimum Gasteiger partial charge on any atom is -0.456 e. The summed E-state index contributed by atoms with van der Waals surface area (Å²) in [6, 6.07) is -0.862. The van der Waals surface area contributed by atoms with Crippen LogP contribution in [0.15, 0.2) is 85.1 Å². The molecule has 3 atom stereocenters. The van der Waals surface area contributed by atoms with Crippen molar-refractivity contribution in [2.75, 3.05) is 40.9 Å². The summed E-state index contributed by atoms with van der Waals surface area (Å²) in [5.74, 6) is -0.539. The van der Waals surface area contributed by atoms with E-state index < -0.39 is 20.0 Å². The highest BCUT2D eigenvalue weighted by atomic mass is 31.2. The van der Waals surface area contributed by atoms with Gasteiger partial charge in [-0.05, 0) is 70.3 Å². The van der Waals surface area contributed by atoms with E-state index in [0.29, 0.717) is 17.4 Å². The lowest BCUT2D eigenvalue weighted by atomic mass is 10.0. The minimum absolute atomic E-state index is 0.0317. The Morgan fingerprint density at radius 2 is 0.941 bits per heavy atom. The number of likely N-dealkylation sites (N-methyl/N-ethyl adjacent to an activating group) is 1. The van der Waals surface area contributed by atoms with Crippen LogP contribution in [0.5, 0.6) is 0 Å². The summed E-state index contributed by atoms with van der Waals surface area (Å²) in [4.78, 5) is 37.5. The van der Waals surface area contributed by atoms with Crippen molar-refractivity contribution in [1.29, 1.82) is 0 Å². The molecule has 0 aromatic heterocycles. The molecule has 1 amide bonds. The predicted molar refractivity (Wildman–Crippen MR) is 291 cm³/mol. The zero-order chi connectivity index (χ0) is 50.1. The molecule has 0 aromatic carbocycles. The van der Waals surface area contributed by atoms with Gasteiger partial charge in [0.25, 0.3) is 0 Å². The monoisotopic (exact) mass is 972 g/mol. The molecule has 3 unspecified atom stereocenters. The van der Waals surface area contributed by atoms with Gasteiger partial charge in [-0.15, -0.1) is 0 Å². The van der Waals surface area contributed by atoms with Gasteiger partial charge >= 0.3 is 13.8 Å². The Kier molecular flexibility index (Phi) is 45.9. The Hall–Kier alpha value is -2.81. The number of rotatable bonds is 48. The van der Waals surface area contributed by atoms with Crippen molar-refractivity contribution < 1.29 is 37.3 Å². The van der Waals surface area contributed by atoms with Crippen LogP contribution in [-0.4, -0.2) is 74.3 Å². The van der Waals surface area contributed by atoms with Crippen LogP contribution in [0.3, 0.4) is 0 Å². The number of hydrogen-bond acceptors (Lipinski definition) is 6. The fourth-order valence-corrected chi connectivity index (χ4v) is 8.20. The fourth-order valence-electron chi connectivity index (χ4n) is 7.47. The van der Waals surface area contributed by atoms with E-state index in [1.807, 2.05) is 33.3 Å². The molecule has 0 radical (unpaired) electrons. The SMILES string of the molecule is CC/C=C/C=C/C=C/CCCCCCCCCC(=O)NC(COP(=O)(O)OCC[N+](C)(C)C)C(/C=C/CCCCCCCCCCCC)OC(=O)CCCCCCCCC/C=C/C=C/C=C/CC. The number of unbranched alkanes of at least 4 members (excludes halogenated alkanes) is 24. The van der Waals surface area contributed by atoms with E-state index >= 15 is 0 Å². The third-order valence-corrected chi connectivity index (χ3v) is 12.7. The lowest BCUT2D eigenvalue weighted by Crippen LogP contribution is -2.47. The smallest absolute Gasteiger partial charge is 0.456 e. The molecule has 0 saturated carbocycles. The first-order valence-corrected chi connectivity index (χ1v) is 29.0. The molecule has 0 aliphatic heterocycles. The molecule has 0 heterocycles. The molecule has 0 aromatic rings. The highest BCUT2D eigenvalue weighted by Gasteiger charge is 2.30. The Morgan fingerprint density at radius 3 is 1.40 bits per heavy atom. The van der Waals surface area contributed by atoms with Gasteiger partial charge in [-0.25, -0.2) is 4.57 Å². The van der Waals surface area contributed by atoms with Crippen LogP contribution in [0.1, 0.15) is 220 Å². The number of phosphoric acid groups is 1. The average molecular weight is 972 g/mol. The van der Waals surface area contributed by atoms with Crippen LogP contribution < -0.4 is 5.32 Å². The van der Waals surface area contributed by atoms with Crippen LogP contribution in [0, 0.1) is 0 Å². The summed E-state index contributed by atoms with van der Waals surface area (Å²) in [6.45, 7) is 6.71. The Labute approximate surface area is 418 Å². The molecule has 0 rings (SSSR count). The molecule has 68 heavy (non-hydrogen) atoms. The van der Waals surface area contributed by atoms with Gasteiger partial charge < -0.3 is 19.4 Å². The maximum atomic E-state index is 13.5. The van der Waals surface area contributed by atoms with Crippen LogP contribution in [-0.2, 0) is 27.9 Å². The van der Waals surface area contributed by atoms with Gasteiger partial charge in [0.05, 0.1) is 33.8 Å². The van der Waals surface area contributed by atoms with Crippen LogP contribution in [0.4, 0.5) is 0 Å². The highest BCUT2D eigenvalue weighted by molar-refractivity contribution is 7.47. The van der Waals surface area contributed by atoms with E-state index in [4.69, 9.17) is 13.8 Å². The van der Waals surface area contributed by atoms with Gasteiger partial charge in [0.15, 0.2) is 0 Å². The Balaban J connectivity index is 5.42. The molecular weight excluding hydrogens is 868 g/mol. The number of amides is 1. The van der Waals surface area contributed by atoms with E-state index in [1.165, 1.54) is 89.9 Å². The number of quaternary nitrogens is 1. The van der Waals surface area contributed by atoms with Gasteiger partial charge in [-0.2, -0.15) is 0 Å². The van der Waals surface area contributed by atoms with E-state index in [9.17, 15) is 19.0 Å². The molecule has 0 fully saturated rings. The molecule has 0 spiro atoms. The van der Waals surface area contributed by atoms with Crippen molar-refractivity contribution in [1.82, 2.24) is 5.32 Å². The number of carbonyl (C=O) groups is 2. The average Bonchev–Trinajstić information content (AvgIpc) is 3.29. The number of nitrogens with one attached hydrogen (secondary N) is 1. The fraction of sp³-hybridized carbons (Fsp3) is 0.724. The quantitative estimate of drug-likeness (QED) is 0.0156. The number of phosphoric ester groups is 1. The van der Waals surface area contributed by atoms with E-state index in [-0.39, 0.29) is 31.5 Å². The second kappa shape index (κ2) is 47.8. The molecule has 0 aliphatic carbocycles. The van der Waals surface area contributed by atoms with Gasteiger partial charge in [0.1, 0.15) is 19.3 Å². The van der Waals surface area contributed by atoms with Crippen LogP contribution >= 0.6 is 7.82 Å². The molecular formula is C58H104N2O7P+. The summed E-state index contributed by atoms with van der Waals surface area (Å²) >= 11 is 0. The molecule has 2 N–H and O–H groups in total. The zero-order valence-corrected chi connectivity index (χ0v) is 45.5. The lowest BCUT2D eigenvalue weighted by molar-refractivity contribution is -0.870. The van der Waals surface area contributed by atoms with Crippen molar-refractivity contribution in [3.8, 4) is 0 Å². The number of carbonyl (C=O) groups excluding carboxylic acids is 2. The number of allylic oxidation sites excluding steroid dienone is 13. The second-order valence-corrected chi connectivity index (χ2v) is 20.9. The first kappa shape index (κ1) is 65.2. The van der Waals surface area contributed by atoms with E-state index in [2.05, 4.69) is 99.0 Å². The third-order valence-electron chi connectivity index (χ3n) is 11.7. The van der Waals surface area contributed by atoms with Crippen LogP contribution in [0.2, 0.25) is 0 Å². The lowest BCUT2D eigenvalue weighted by Gasteiger charge is -2.27. The van der Waals surface area contributed by atoms with Crippen molar-refractivity contribution >= 4 is 19.7 Å². The summed E-state index contributed by atoms with van der Waals surface area (Å²) in [7, 11) is 1.47. The van der Waals surface area contributed by atoms with E-state index in [0.717, 1.165) is 96.3 Å². The van der Waals surface area contributed by atoms with Gasteiger partial charge in [0.2, 0.25) is 5.91 Å². The highest BCUT2D eigenvalue weighted by Crippen LogP contribution is 2.43. The summed E-state index contributed by atoms with van der Waals surface area (Å²) in [5.41, 5.74) is 0. The molecule has 0 saturated heterocycles. The largest absolute Gasteiger partial charge is 0.472 e. The van der Waals surface area contributed by atoms with Crippen LogP contribution in [0.25, 0.3) is 0 Å². The summed E-state index contributed by atoms with van der Waals surface area (Å²) in [6.07, 6.45) is 61.4. The van der Waals surface area contributed by atoms with Crippen molar-refractivity contribution in [3.63, 3.8) is 0 Å². The molecule has 9 nitrogen and oxygen atoms in total. The minimum atomic E-state index is -4.45.